The van der Waals surface area contributed by atoms with E-state index in [1.165, 1.54) is 58.0 Å². The Kier molecular flexibility index (Phi) is 3.26. The fraction of sp³-hybridized carbons (Fsp3) is 0.318. The molecule has 116 valence electrons. The number of hydrogen-bond donors (Lipinski definition) is 0. The van der Waals surface area contributed by atoms with Gasteiger partial charge in [-0.05, 0) is 79.8 Å². The van der Waals surface area contributed by atoms with Gasteiger partial charge in [0.2, 0.25) is 5.69 Å². The highest BCUT2D eigenvalue weighted by atomic mass is 14.9. The number of hydrogen-bond acceptors (Lipinski definition) is 0. The first-order chi connectivity index (χ1) is 11.0. The maximum absolute atomic E-state index is 2.45. The Hall–Kier alpha value is -2.15. The van der Waals surface area contributed by atoms with E-state index in [2.05, 4.69) is 68.9 Å². The van der Waals surface area contributed by atoms with Crippen molar-refractivity contribution in [2.75, 3.05) is 0 Å². The summed E-state index contributed by atoms with van der Waals surface area (Å²) in [4.78, 5) is 0. The average molecular weight is 302 g/mol. The summed E-state index contributed by atoms with van der Waals surface area (Å²) in [5, 5.41) is 2.76. The molecule has 0 bridgehead atoms. The molecule has 0 aliphatic heterocycles. The molecule has 0 saturated carbocycles. The molecule has 23 heavy (non-hydrogen) atoms. The van der Waals surface area contributed by atoms with Crippen molar-refractivity contribution < 1.29 is 4.57 Å². The molecule has 1 aliphatic carbocycles. The molecule has 0 spiro atoms. The lowest BCUT2D eigenvalue weighted by atomic mass is 9.93. The molecular formula is C22H24N+. The molecule has 0 amide bonds. The maximum atomic E-state index is 2.45. The minimum Gasteiger partial charge on any atom is -0.200 e. The van der Waals surface area contributed by atoms with Gasteiger partial charge in [0.1, 0.15) is 7.05 Å². The number of benzene rings is 2. The van der Waals surface area contributed by atoms with Crippen molar-refractivity contribution in [3.8, 4) is 11.3 Å². The summed E-state index contributed by atoms with van der Waals surface area (Å²) in [5.41, 5.74) is 9.91. The van der Waals surface area contributed by atoms with Crippen LogP contribution in [0, 0.1) is 20.8 Å². The van der Waals surface area contributed by atoms with Gasteiger partial charge in [0.25, 0.3) is 0 Å². The van der Waals surface area contributed by atoms with Crippen LogP contribution in [0.25, 0.3) is 22.0 Å². The Morgan fingerprint density at radius 3 is 2.43 bits per heavy atom. The number of nitrogens with zero attached hydrogens (tertiary/aromatic N) is 1. The summed E-state index contributed by atoms with van der Waals surface area (Å²) in [7, 11) is 2.17. The molecule has 2 aromatic carbocycles. The van der Waals surface area contributed by atoms with Crippen molar-refractivity contribution in [1.82, 2.24) is 0 Å². The summed E-state index contributed by atoms with van der Waals surface area (Å²) < 4.78 is 2.28. The molecule has 1 heterocycles. The first kappa shape index (κ1) is 14.4. The number of pyridine rings is 1. The summed E-state index contributed by atoms with van der Waals surface area (Å²) in [5.74, 6) is 0. The summed E-state index contributed by atoms with van der Waals surface area (Å²) in [6.07, 6.45) is 5.98. The standard InChI is InChI=1S/C22H24N/c1-14-10-15(2)16(3)20(11-14)22-21-13-18-7-5-6-17(18)12-19(21)8-9-23(22)4/h8-13H,5-7H2,1-4H3/q+1. The monoisotopic (exact) mass is 302 g/mol. The lowest BCUT2D eigenvalue weighted by molar-refractivity contribution is -0.659. The van der Waals surface area contributed by atoms with Gasteiger partial charge in [-0.1, -0.05) is 17.7 Å². The van der Waals surface area contributed by atoms with E-state index in [0.717, 1.165) is 0 Å². The normalized spacial score (nSPS) is 13.6. The zero-order chi connectivity index (χ0) is 16.1. The first-order valence-corrected chi connectivity index (χ1v) is 8.57. The summed E-state index contributed by atoms with van der Waals surface area (Å²) >= 11 is 0. The SMILES string of the molecule is Cc1cc(C)c(C)c(-c2c3cc4c(cc3cc[n+]2C)CCC4)c1. The molecule has 0 radical (unpaired) electrons. The molecule has 0 N–H and O–H groups in total. The van der Waals surface area contributed by atoms with Crippen LogP contribution in [-0.4, -0.2) is 0 Å². The summed E-state index contributed by atoms with van der Waals surface area (Å²) in [6.45, 7) is 6.66. The fourth-order valence-corrected chi connectivity index (χ4v) is 4.06. The first-order valence-electron chi connectivity index (χ1n) is 8.57. The maximum Gasteiger partial charge on any atom is 0.220 e. The molecule has 4 rings (SSSR count). The van der Waals surface area contributed by atoms with Crippen molar-refractivity contribution >= 4 is 10.8 Å². The van der Waals surface area contributed by atoms with Crippen molar-refractivity contribution in [2.24, 2.45) is 7.05 Å². The predicted octanol–water partition coefficient (Wildman–Crippen LogP) is 4.75. The Labute approximate surface area is 138 Å². The van der Waals surface area contributed by atoms with Gasteiger partial charge in [0.05, 0.1) is 10.9 Å². The molecular weight excluding hydrogens is 278 g/mol. The van der Waals surface area contributed by atoms with Crippen LogP contribution >= 0.6 is 0 Å². The van der Waals surface area contributed by atoms with Crippen molar-refractivity contribution in [3.63, 3.8) is 0 Å². The summed E-state index contributed by atoms with van der Waals surface area (Å²) in [6, 6.07) is 11.7. The number of fused-ring (bicyclic) bond motifs is 2. The zero-order valence-electron chi connectivity index (χ0n) is 14.5. The molecule has 0 unspecified atom stereocenters. The lowest BCUT2D eigenvalue weighted by Crippen LogP contribution is -2.31. The molecule has 0 fully saturated rings. The van der Waals surface area contributed by atoms with Crippen molar-refractivity contribution in [2.45, 2.75) is 40.0 Å². The third-order valence-electron chi connectivity index (χ3n) is 5.42. The smallest absolute Gasteiger partial charge is 0.200 e. The van der Waals surface area contributed by atoms with Crippen molar-refractivity contribution in [1.29, 1.82) is 0 Å². The van der Waals surface area contributed by atoms with Crippen LogP contribution in [-0.2, 0) is 19.9 Å². The van der Waals surface area contributed by atoms with E-state index < -0.39 is 0 Å². The topological polar surface area (TPSA) is 3.88 Å². The molecule has 0 atom stereocenters. The van der Waals surface area contributed by atoms with E-state index in [1.54, 1.807) is 11.1 Å². The number of aryl methyl sites for hydroxylation is 5. The van der Waals surface area contributed by atoms with Crippen LogP contribution in [0.3, 0.4) is 0 Å². The second-order valence-electron chi connectivity index (χ2n) is 7.09. The van der Waals surface area contributed by atoms with E-state index in [-0.39, 0.29) is 0 Å². The van der Waals surface area contributed by atoms with E-state index >= 15 is 0 Å². The van der Waals surface area contributed by atoms with Gasteiger partial charge >= 0.3 is 0 Å². The van der Waals surface area contributed by atoms with Crippen LogP contribution in [0.5, 0.6) is 0 Å². The van der Waals surface area contributed by atoms with E-state index in [0.29, 0.717) is 0 Å². The van der Waals surface area contributed by atoms with Gasteiger partial charge < -0.3 is 0 Å². The second kappa shape index (κ2) is 5.19. The van der Waals surface area contributed by atoms with Gasteiger partial charge in [-0.15, -0.1) is 0 Å². The van der Waals surface area contributed by atoms with Crippen molar-refractivity contribution in [3.05, 3.63) is 64.3 Å². The van der Waals surface area contributed by atoms with Crippen LogP contribution in [0.15, 0.2) is 36.5 Å². The van der Waals surface area contributed by atoms with E-state index in [4.69, 9.17) is 0 Å². The lowest BCUT2D eigenvalue weighted by Gasteiger charge is -2.12. The average Bonchev–Trinajstić information content (AvgIpc) is 2.96. The highest BCUT2D eigenvalue weighted by Gasteiger charge is 2.21. The molecule has 1 aliphatic rings. The third-order valence-corrected chi connectivity index (χ3v) is 5.42. The third kappa shape index (κ3) is 2.26. The minimum atomic E-state index is 1.23. The Morgan fingerprint density at radius 1 is 0.913 bits per heavy atom. The van der Waals surface area contributed by atoms with Crippen LogP contribution in [0.1, 0.15) is 34.2 Å². The fourth-order valence-electron chi connectivity index (χ4n) is 4.06. The van der Waals surface area contributed by atoms with E-state index in [1.807, 2.05) is 0 Å². The van der Waals surface area contributed by atoms with Gasteiger partial charge in [0, 0.05) is 6.07 Å². The molecule has 1 nitrogen and oxygen atoms in total. The zero-order valence-corrected chi connectivity index (χ0v) is 14.5. The minimum absolute atomic E-state index is 1.23. The van der Waals surface area contributed by atoms with Gasteiger partial charge in [0.15, 0.2) is 6.20 Å². The Morgan fingerprint density at radius 2 is 1.65 bits per heavy atom. The molecule has 1 aromatic heterocycles. The quantitative estimate of drug-likeness (QED) is 0.571. The second-order valence-corrected chi connectivity index (χ2v) is 7.09. The predicted molar refractivity (Wildman–Crippen MR) is 96.8 cm³/mol. The number of rotatable bonds is 1. The van der Waals surface area contributed by atoms with Crippen LogP contribution in [0.2, 0.25) is 0 Å². The van der Waals surface area contributed by atoms with E-state index in [9.17, 15) is 0 Å². The molecule has 1 heteroatoms. The highest BCUT2D eigenvalue weighted by molar-refractivity contribution is 5.95. The number of aromatic nitrogens is 1. The Balaban J connectivity index is 2.09. The largest absolute Gasteiger partial charge is 0.220 e. The highest BCUT2D eigenvalue weighted by Crippen LogP contribution is 2.34. The van der Waals surface area contributed by atoms with Crippen LogP contribution in [0.4, 0.5) is 0 Å². The van der Waals surface area contributed by atoms with Crippen LogP contribution < -0.4 is 4.57 Å². The van der Waals surface area contributed by atoms with Gasteiger partial charge in [-0.25, -0.2) is 4.57 Å². The van der Waals surface area contributed by atoms with Gasteiger partial charge in [-0.2, -0.15) is 0 Å². The Bertz CT molecular complexity index is 935. The van der Waals surface area contributed by atoms with Gasteiger partial charge in [-0.3, -0.25) is 0 Å². The molecule has 3 aromatic rings. The molecule has 0 saturated heterocycles.